The summed E-state index contributed by atoms with van der Waals surface area (Å²) in [7, 11) is 1.60. The first kappa shape index (κ1) is 17.2. The molecule has 0 N–H and O–H groups in total. The summed E-state index contributed by atoms with van der Waals surface area (Å²) in [6.45, 7) is 2.38. The van der Waals surface area contributed by atoms with Crippen molar-refractivity contribution in [2.75, 3.05) is 18.6 Å². The zero-order chi connectivity index (χ0) is 19.0. The quantitative estimate of drug-likeness (QED) is 0.713. The minimum atomic E-state index is -0.289. The summed E-state index contributed by atoms with van der Waals surface area (Å²) < 4.78 is 20.4. The maximum absolute atomic E-state index is 13.5. The van der Waals surface area contributed by atoms with E-state index in [1.807, 2.05) is 31.2 Å². The van der Waals surface area contributed by atoms with Crippen molar-refractivity contribution in [3.05, 3.63) is 65.2 Å². The Hall–Kier alpha value is -3.22. The molecular formula is C20H19FN4O2. The van der Waals surface area contributed by atoms with Crippen LogP contribution < -0.4 is 9.64 Å². The number of hydrogen-bond acceptors (Lipinski definition) is 4. The van der Waals surface area contributed by atoms with Crippen LogP contribution in [-0.2, 0) is 6.42 Å². The van der Waals surface area contributed by atoms with Crippen LogP contribution in [0.3, 0.4) is 0 Å². The van der Waals surface area contributed by atoms with Gasteiger partial charge in [0.05, 0.1) is 18.5 Å². The molecule has 0 saturated heterocycles. The molecule has 0 atom stereocenters. The molecule has 0 unspecified atom stereocenters. The van der Waals surface area contributed by atoms with Gasteiger partial charge in [-0.2, -0.15) is 0 Å². The van der Waals surface area contributed by atoms with Crippen molar-refractivity contribution in [2.24, 2.45) is 0 Å². The summed E-state index contributed by atoms with van der Waals surface area (Å²) in [4.78, 5) is 14.8. The fourth-order valence-electron chi connectivity index (χ4n) is 3.42. The topological polar surface area (TPSA) is 60.2 Å². The minimum Gasteiger partial charge on any atom is -0.497 e. The van der Waals surface area contributed by atoms with Crippen LogP contribution in [-0.4, -0.2) is 34.6 Å². The molecule has 27 heavy (non-hydrogen) atoms. The van der Waals surface area contributed by atoms with Gasteiger partial charge in [-0.1, -0.05) is 11.3 Å². The van der Waals surface area contributed by atoms with E-state index in [1.54, 1.807) is 22.8 Å². The number of aryl methyl sites for hydroxylation is 1. The molecule has 1 aliphatic heterocycles. The number of amides is 1. The molecule has 0 aliphatic carbocycles. The van der Waals surface area contributed by atoms with Gasteiger partial charge in [0.2, 0.25) is 0 Å². The van der Waals surface area contributed by atoms with Crippen molar-refractivity contribution in [3.63, 3.8) is 0 Å². The maximum Gasteiger partial charge on any atom is 0.280 e. The number of aromatic nitrogens is 3. The molecule has 0 fully saturated rings. The molecule has 0 radical (unpaired) electrons. The molecule has 7 heteroatoms. The number of fused-ring (bicyclic) bond motifs is 1. The number of methoxy groups -OCH3 is 1. The predicted octanol–water partition coefficient (Wildman–Crippen LogP) is 3.32. The first-order valence-corrected chi connectivity index (χ1v) is 8.75. The summed E-state index contributed by atoms with van der Waals surface area (Å²) in [5.74, 6) is 0.180. The summed E-state index contributed by atoms with van der Waals surface area (Å²) in [6, 6.07) is 11.9. The van der Waals surface area contributed by atoms with Crippen molar-refractivity contribution >= 4 is 11.6 Å². The smallest absolute Gasteiger partial charge is 0.280 e. The van der Waals surface area contributed by atoms with Crippen LogP contribution >= 0.6 is 0 Å². The number of carbonyl (C=O) groups excluding carboxylic acids is 1. The van der Waals surface area contributed by atoms with Gasteiger partial charge >= 0.3 is 0 Å². The average molecular weight is 366 g/mol. The van der Waals surface area contributed by atoms with Gasteiger partial charge in [0.15, 0.2) is 5.69 Å². The number of carbonyl (C=O) groups is 1. The molecule has 1 amide bonds. The molecule has 3 aromatic rings. The van der Waals surface area contributed by atoms with Crippen LogP contribution in [0.4, 0.5) is 10.1 Å². The normalized spacial score (nSPS) is 13.4. The van der Waals surface area contributed by atoms with E-state index in [-0.39, 0.29) is 17.4 Å². The van der Waals surface area contributed by atoms with Crippen LogP contribution in [0.1, 0.15) is 28.2 Å². The van der Waals surface area contributed by atoms with Crippen molar-refractivity contribution in [1.82, 2.24) is 15.0 Å². The first-order valence-electron chi connectivity index (χ1n) is 8.75. The highest BCUT2D eigenvalue weighted by molar-refractivity contribution is 6.06. The van der Waals surface area contributed by atoms with E-state index in [0.717, 1.165) is 29.8 Å². The van der Waals surface area contributed by atoms with Gasteiger partial charge in [-0.05, 0) is 55.7 Å². The third-order valence-corrected chi connectivity index (χ3v) is 4.80. The highest BCUT2D eigenvalue weighted by Crippen LogP contribution is 2.29. The molecule has 1 aromatic heterocycles. The highest BCUT2D eigenvalue weighted by atomic mass is 19.1. The fourth-order valence-corrected chi connectivity index (χ4v) is 3.42. The maximum atomic E-state index is 13.5. The Labute approximate surface area is 156 Å². The molecular weight excluding hydrogens is 347 g/mol. The minimum absolute atomic E-state index is 0.228. The molecule has 2 heterocycles. The Kier molecular flexibility index (Phi) is 4.35. The van der Waals surface area contributed by atoms with E-state index in [1.165, 1.54) is 12.1 Å². The van der Waals surface area contributed by atoms with Gasteiger partial charge in [0.1, 0.15) is 11.6 Å². The highest BCUT2D eigenvalue weighted by Gasteiger charge is 2.28. The van der Waals surface area contributed by atoms with Gasteiger partial charge in [-0.3, -0.25) is 4.79 Å². The van der Waals surface area contributed by atoms with Crippen molar-refractivity contribution in [2.45, 2.75) is 19.8 Å². The number of benzene rings is 2. The summed E-state index contributed by atoms with van der Waals surface area (Å²) >= 11 is 0. The van der Waals surface area contributed by atoms with Gasteiger partial charge in [0, 0.05) is 18.3 Å². The fraction of sp³-hybridized carbons (Fsp3) is 0.250. The molecule has 0 spiro atoms. The first-order chi connectivity index (χ1) is 13.1. The average Bonchev–Trinajstić information content (AvgIpc) is 3.08. The van der Waals surface area contributed by atoms with E-state index in [2.05, 4.69) is 10.3 Å². The largest absolute Gasteiger partial charge is 0.497 e. The molecule has 1 aliphatic rings. The van der Waals surface area contributed by atoms with Crippen LogP contribution in [0.25, 0.3) is 5.69 Å². The van der Waals surface area contributed by atoms with E-state index in [4.69, 9.17) is 4.74 Å². The summed E-state index contributed by atoms with van der Waals surface area (Å²) in [6.07, 6.45) is 1.54. The Bertz CT molecular complexity index is 1010. The Morgan fingerprint density at radius 2 is 2.07 bits per heavy atom. The second-order valence-corrected chi connectivity index (χ2v) is 6.47. The lowest BCUT2D eigenvalue weighted by atomic mass is 10.0. The predicted molar refractivity (Wildman–Crippen MR) is 99.0 cm³/mol. The van der Waals surface area contributed by atoms with Crippen molar-refractivity contribution < 1.29 is 13.9 Å². The van der Waals surface area contributed by atoms with E-state index >= 15 is 0 Å². The lowest BCUT2D eigenvalue weighted by Crippen LogP contribution is -2.36. The lowest BCUT2D eigenvalue weighted by molar-refractivity contribution is 0.0979. The van der Waals surface area contributed by atoms with E-state index < -0.39 is 0 Å². The zero-order valence-corrected chi connectivity index (χ0v) is 15.1. The van der Waals surface area contributed by atoms with Crippen molar-refractivity contribution in [3.8, 4) is 11.4 Å². The van der Waals surface area contributed by atoms with Gasteiger partial charge in [0.25, 0.3) is 5.91 Å². The summed E-state index contributed by atoms with van der Waals surface area (Å²) in [5, 5.41) is 8.27. The van der Waals surface area contributed by atoms with Crippen LogP contribution in [0.15, 0.2) is 42.5 Å². The number of hydrogen-bond donors (Lipinski definition) is 0. The number of anilines is 1. The zero-order valence-electron chi connectivity index (χ0n) is 15.1. The summed E-state index contributed by atoms with van der Waals surface area (Å²) in [5.41, 5.74) is 3.27. The Morgan fingerprint density at radius 1 is 1.22 bits per heavy atom. The number of ether oxygens (including phenoxy) is 1. The lowest BCUT2D eigenvalue weighted by Gasteiger charge is -2.29. The van der Waals surface area contributed by atoms with Gasteiger partial charge in [-0.15, -0.1) is 5.10 Å². The van der Waals surface area contributed by atoms with Gasteiger partial charge < -0.3 is 9.64 Å². The third kappa shape index (κ3) is 3.05. The number of halogens is 1. The van der Waals surface area contributed by atoms with Crippen LogP contribution in [0, 0.1) is 12.7 Å². The second kappa shape index (κ2) is 6.83. The van der Waals surface area contributed by atoms with E-state index in [9.17, 15) is 9.18 Å². The Balaban J connectivity index is 1.69. The van der Waals surface area contributed by atoms with Crippen LogP contribution in [0.2, 0.25) is 0 Å². The monoisotopic (exact) mass is 366 g/mol. The molecule has 0 saturated carbocycles. The molecule has 138 valence electrons. The van der Waals surface area contributed by atoms with Crippen molar-refractivity contribution in [1.29, 1.82) is 0 Å². The second-order valence-electron chi connectivity index (χ2n) is 6.47. The SMILES string of the molecule is COc1cccc(-n2nnc(C(=O)N3CCCc4cc(F)ccc43)c2C)c1. The number of nitrogens with zero attached hydrogens (tertiary/aromatic N) is 4. The van der Waals surface area contributed by atoms with Gasteiger partial charge in [-0.25, -0.2) is 9.07 Å². The number of rotatable bonds is 3. The third-order valence-electron chi connectivity index (χ3n) is 4.80. The Morgan fingerprint density at radius 3 is 2.89 bits per heavy atom. The molecule has 6 nitrogen and oxygen atoms in total. The standard InChI is InChI=1S/C20H19FN4O2/c1-13-19(22-23-25(13)16-6-3-7-17(12-16)27-2)20(26)24-10-4-5-14-11-15(21)8-9-18(14)24/h3,6-9,11-12H,4-5,10H2,1-2H3. The molecule has 2 aromatic carbocycles. The van der Waals surface area contributed by atoms with E-state index in [0.29, 0.717) is 18.0 Å². The molecule has 4 rings (SSSR count). The molecule has 0 bridgehead atoms. The van der Waals surface area contributed by atoms with Crippen LogP contribution in [0.5, 0.6) is 5.75 Å².